The van der Waals surface area contributed by atoms with Gasteiger partial charge in [-0.25, -0.2) is 0 Å². The molecule has 0 amide bonds. The Bertz CT molecular complexity index is 105. The first-order valence-corrected chi connectivity index (χ1v) is 5.12. The Balaban J connectivity index is 1.82. The summed E-state index contributed by atoms with van der Waals surface area (Å²) < 4.78 is 0. The molecule has 0 aromatic carbocycles. The third-order valence-electron chi connectivity index (χ3n) is 3.28. The first-order valence-electron chi connectivity index (χ1n) is 5.12. The monoisotopic (exact) mass is 150 g/mol. The third-order valence-corrected chi connectivity index (χ3v) is 3.28. The van der Waals surface area contributed by atoms with E-state index in [0.29, 0.717) is 0 Å². The molecule has 0 heteroatoms. The van der Waals surface area contributed by atoms with Crippen molar-refractivity contribution in [2.24, 2.45) is 11.8 Å². The van der Waals surface area contributed by atoms with Crippen LogP contribution in [0.2, 0.25) is 0 Å². The molecule has 0 aliphatic heterocycles. The van der Waals surface area contributed by atoms with E-state index < -0.39 is 0 Å². The molecule has 2 rings (SSSR count). The van der Waals surface area contributed by atoms with Gasteiger partial charge < -0.3 is 0 Å². The summed E-state index contributed by atoms with van der Waals surface area (Å²) in [6.45, 7) is 0. The highest BCUT2D eigenvalue weighted by molar-refractivity contribution is 4.92. The minimum absolute atomic E-state index is 0.988. The van der Waals surface area contributed by atoms with Crippen molar-refractivity contribution in [3.63, 3.8) is 0 Å². The van der Waals surface area contributed by atoms with Gasteiger partial charge in [-0.15, -0.1) is 0 Å². The molecule has 2 saturated carbocycles. The van der Waals surface area contributed by atoms with Gasteiger partial charge in [0, 0.05) is 0 Å². The normalized spacial score (nSPS) is 29.5. The zero-order valence-electron chi connectivity index (χ0n) is 7.26. The van der Waals surface area contributed by atoms with E-state index in [4.69, 9.17) is 0 Å². The Morgan fingerprint density at radius 2 is 2.00 bits per heavy atom. The second kappa shape index (κ2) is 3.60. The van der Waals surface area contributed by atoms with Gasteiger partial charge in [-0.3, -0.25) is 0 Å². The first-order chi connectivity index (χ1) is 5.47. The summed E-state index contributed by atoms with van der Waals surface area (Å²) >= 11 is 0. The van der Waals surface area contributed by atoms with Crippen molar-refractivity contribution in [1.29, 1.82) is 0 Å². The fraction of sp³-hybridized carbons (Fsp3) is 0.818. The van der Waals surface area contributed by atoms with E-state index in [9.17, 15) is 0 Å². The maximum absolute atomic E-state index is 2.59. The summed E-state index contributed by atoms with van der Waals surface area (Å²) in [6, 6.07) is 0. The highest BCUT2D eigenvalue weighted by Gasteiger charge is 2.26. The van der Waals surface area contributed by atoms with E-state index in [2.05, 4.69) is 12.8 Å². The molecule has 0 heterocycles. The van der Waals surface area contributed by atoms with Crippen molar-refractivity contribution in [3.05, 3.63) is 12.8 Å². The van der Waals surface area contributed by atoms with E-state index in [1.165, 1.54) is 44.9 Å². The Morgan fingerprint density at radius 1 is 1.00 bits per heavy atom. The van der Waals surface area contributed by atoms with Crippen LogP contribution in [0.25, 0.3) is 0 Å². The molecule has 2 fully saturated rings. The van der Waals surface area contributed by atoms with Crippen LogP contribution in [0.1, 0.15) is 44.9 Å². The quantitative estimate of drug-likeness (QED) is 0.537. The second-order valence-electron chi connectivity index (χ2n) is 4.05. The molecule has 0 nitrogen and oxygen atoms in total. The molecule has 2 aliphatic carbocycles. The summed E-state index contributed by atoms with van der Waals surface area (Å²) in [4.78, 5) is 0. The highest BCUT2D eigenvalue weighted by Crippen LogP contribution is 2.37. The van der Waals surface area contributed by atoms with Gasteiger partial charge in [0.05, 0.1) is 0 Å². The van der Waals surface area contributed by atoms with Crippen LogP contribution in [0.15, 0.2) is 0 Å². The van der Waals surface area contributed by atoms with Crippen molar-refractivity contribution in [2.45, 2.75) is 44.9 Å². The molecule has 62 valence electrons. The van der Waals surface area contributed by atoms with Gasteiger partial charge in [0.25, 0.3) is 0 Å². The Hall–Kier alpha value is 0. The molecule has 0 saturated heterocycles. The lowest BCUT2D eigenvalue weighted by molar-refractivity contribution is 0.318. The fourth-order valence-electron chi connectivity index (χ4n) is 2.57. The van der Waals surface area contributed by atoms with Crippen molar-refractivity contribution in [2.75, 3.05) is 0 Å². The van der Waals surface area contributed by atoms with Gasteiger partial charge in [0.15, 0.2) is 0 Å². The number of rotatable bonds is 1. The minimum Gasteiger partial charge on any atom is -0.0530 e. The lowest BCUT2D eigenvalue weighted by atomic mass is 9.79. The zero-order chi connectivity index (χ0) is 7.52. The predicted octanol–water partition coefficient (Wildman–Crippen LogP) is 3.39. The van der Waals surface area contributed by atoms with Crippen molar-refractivity contribution in [3.8, 4) is 0 Å². The average molecular weight is 150 g/mol. The standard InChI is InChI=1S/C11H18/c1-2-6-10(7-3-1)11-8-4-5-9-11/h4,6,10-11H,1-3,5,7-9H2. The smallest absolute Gasteiger partial charge is 0.0352 e. The molecule has 0 bridgehead atoms. The van der Waals surface area contributed by atoms with Gasteiger partial charge in [-0.2, -0.15) is 0 Å². The highest BCUT2D eigenvalue weighted by atomic mass is 14.3. The maximum atomic E-state index is 2.59. The Morgan fingerprint density at radius 3 is 2.64 bits per heavy atom. The Labute approximate surface area is 70.4 Å². The van der Waals surface area contributed by atoms with E-state index in [-0.39, 0.29) is 0 Å². The molecular weight excluding hydrogens is 132 g/mol. The SMILES string of the molecule is [CH]1CCC(C2[CH]CCCC2)C1. The lowest BCUT2D eigenvalue weighted by Gasteiger charge is -2.26. The van der Waals surface area contributed by atoms with Crippen LogP contribution in [0.4, 0.5) is 0 Å². The molecule has 11 heavy (non-hydrogen) atoms. The maximum Gasteiger partial charge on any atom is -0.0352 e. The first kappa shape index (κ1) is 7.64. The third kappa shape index (κ3) is 1.77. The van der Waals surface area contributed by atoms with Crippen LogP contribution in [0.5, 0.6) is 0 Å². The summed E-state index contributed by atoms with van der Waals surface area (Å²) in [7, 11) is 0. The van der Waals surface area contributed by atoms with Crippen molar-refractivity contribution in [1.82, 2.24) is 0 Å². The van der Waals surface area contributed by atoms with E-state index in [1.54, 1.807) is 0 Å². The van der Waals surface area contributed by atoms with Gasteiger partial charge in [-0.05, 0) is 56.8 Å². The van der Waals surface area contributed by atoms with Crippen molar-refractivity contribution >= 4 is 0 Å². The van der Waals surface area contributed by atoms with Crippen LogP contribution >= 0.6 is 0 Å². The minimum atomic E-state index is 0.988. The predicted molar refractivity (Wildman–Crippen MR) is 47.9 cm³/mol. The summed E-state index contributed by atoms with van der Waals surface area (Å²) in [5.41, 5.74) is 0. The molecule has 2 atom stereocenters. The molecular formula is C11H18. The topological polar surface area (TPSA) is 0 Å². The van der Waals surface area contributed by atoms with Gasteiger partial charge in [-0.1, -0.05) is 12.8 Å². The van der Waals surface area contributed by atoms with Crippen LogP contribution in [0, 0.1) is 24.7 Å². The molecule has 2 unspecified atom stereocenters. The zero-order valence-corrected chi connectivity index (χ0v) is 7.26. The second-order valence-corrected chi connectivity index (χ2v) is 4.05. The van der Waals surface area contributed by atoms with Crippen molar-refractivity contribution < 1.29 is 0 Å². The van der Waals surface area contributed by atoms with E-state index in [1.807, 2.05) is 0 Å². The molecule has 2 aliphatic rings. The van der Waals surface area contributed by atoms with E-state index >= 15 is 0 Å². The average Bonchev–Trinajstić information content (AvgIpc) is 2.58. The van der Waals surface area contributed by atoms with Gasteiger partial charge >= 0.3 is 0 Å². The van der Waals surface area contributed by atoms with Crippen LogP contribution in [0.3, 0.4) is 0 Å². The van der Waals surface area contributed by atoms with Gasteiger partial charge in [0.1, 0.15) is 0 Å². The van der Waals surface area contributed by atoms with Crippen LogP contribution < -0.4 is 0 Å². The van der Waals surface area contributed by atoms with Crippen LogP contribution in [-0.4, -0.2) is 0 Å². The summed E-state index contributed by atoms with van der Waals surface area (Å²) in [6.07, 6.45) is 15.1. The number of hydrogen-bond donors (Lipinski definition) is 0. The molecule has 0 aromatic heterocycles. The van der Waals surface area contributed by atoms with E-state index in [0.717, 1.165) is 11.8 Å². The molecule has 0 spiro atoms. The molecule has 2 radical (unpaired) electrons. The number of hydrogen-bond acceptors (Lipinski definition) is 0. The van der Waals surface area contributed by atoms with Crippen LogP contribution in [-0.2, 0) is 0 Å². The lowest BCUT2D eigenvalue weighted by Crippen LogP contribution is -2.15. The fourth-order valence-corrected chi connectivity index (χ4v) is 2.57. The van der Waals surface area contributed by atoms with Gasteiger partial charge in [0.2, 0.25) is 0 Å². The summed E-state index contributed by atoms with van der Waals surface area (Å²) in [5.74, 6) is 2.03. The Kier molecular flexibility index (Phi) is 2.50. The largest absolute Gasteiger partial charge is 0.0530 e. The molecule has 0 N–H and O–H groups in total. The molecule has 0 aromatic rings. The summed E-state index contributed by atoms with van der Waals surface area (Å²) in [5, 5.41) is 0.